The molecule has 0 unspecified atom stereocenters. The topological polar surface area (TPSA) is 44.1 Å². The first-order chi connectivity index (χ1) is 8.61. The van der Waals surface area contributed by atoms with Crippen molar-refractivity contribution in [3.8, 4) is 5.75 Å². The molecule has 0 saturated carbocycles. The molecule has 1 aromatic heterocycles. The summed E-state index contributed by atoms with van der Waals surface area (Å²) in [6, 6.07) is 7.69. The van der Waals surface area contributed by atoms with Gasteiger partial charge in [0.25, 0.3) is 5.56 Å². The van der Waals surface area contributed by atoms with Crippen LogP contribution < -0.4 is 10.3 Å². The van der Waals surface area contributed by atoms with Gasteiger partial charge in [-0.25, -0.2) is 4.98 Å². The molecule has 0 aliphatic rings. The van der Waals surface area contributed by atoms with E-state index < -0.39 is 0 Å². The Labute approximate surface area is 117 Å². The predicted octanol–water partition coefficient (Wildman–Crippen LogP) is 2.72. The molecule has 0 aliphatic carbocycles. The molecule has 0 radical (unpaired) electrons. The van der Waals surface area contributed by atoms with Crippen molar-refractivity contribution >= 4 is 27.5 Å². The number of halogens is 2. The lowest BCUT2D eigenvalue weighted by atomic mass is 10.2. The summed E-state index contributed by atoms with van der Waals surface area (Å²) in [6.45, 7) is 0.423. The average Bonchev–Trinajstić information content (AvgIpc) is 2.36. The predicted molar refractivity (Wildman–Crippen MR) is 73.3 cm³/mol. The number of hydrogen-bond donors (Lipinski definition) is 0. The monoisotopic (exact) mass is 328 g/mol. The first kappa shape index (κ1) is 13.1. The Kier molecular flexibility index (Phi) is 4.04. The zero-order valence-electron chi connectivity index (χ0n) is 9.56. The van der Waals surface area contributed by atoms with Crippen LogP contribution in [0.5, 0.6) is 5.75 Å². The highest BCUT2D eigenvalue weighted by molar-refractivity contribution is 9.10. The van der Waals surface area contributed by atoms with Crippen molar-refractivity contribution in [2.24, 2.45) is 0 Å². The van der Waals surface area contributed by atoms with Gasteiger partial charge in [-0.05, 0) is 17.7 Å². The minimum Gasteiger partial charge on any atom is -0.489 e. The molecule has 1 heterocycles. The van der Waals surface area contributed by atoms with Crippen molar-refractivity contribution < 1.29 is 4.74 Å². The second kappa shape index (κ2) is 5.54. The smallest absolute Gasteiger partial charge is 0.297 e. The highest BCUT2D eigenvalue weighted by Crippen LogP contribution is 2.16. The van der Waals surface area contributed by atoms with E-state index in [1.165, 1.54) is 18.0 Å². The van der Waals surface area contributed by atoms with Gasteiger partial charge in [0.15, 0.2) is 5.15 Å². The van der Waals surface area contributed by atoms with E-state index in [-0.39, 0.29) is 16.5 Å². The van der Waals surface area contributed by atoms with Crippen LogP contribution in [0.15, 0.2) is 39.9 Å². The lowest BCUT2D eigenvalue weighted by molar-refractivity contribution is 0.401. The number of hydrogen-bond acceptors (Lipinski definition) is 3. The average molecular weight is 330 g/mol. The van der Waals surface area contributed by atoms with E-state index in [1.54, 1.807) is 0 Å². The molecule has 1 aromatic carbocycles. The van der Waals surface area contributed by atoms with Gasteiger partial charge in [0.2, 0.25) is 5.75 Å². The molecule has 0 aliphatic heterocycles. The lowest BCUT2D eigenvalue weighted by Crippen LogP contribution is -2.22. The summed E-state index contributed by atoms with van der Waals surface area (Å²) in [5.41, 5.74) is 0.701. The van der Waals surface area contributed by atoms with Crippen molar-refractivity contribution in [1.29, 1.82) is 0 Å². The standard InChI is InChI=1S/C12H10BrClN2O2/c1-18-10-11(14)15-7-16(12(10)17)6-8-2-4-9(13)5-3-8/h2-5,7H,6H2,1H3. The van der Waals surface area contributed by atoms with Crippen molar-refractivity contribution in [1.82, 2.24) is 9.55 Å². The first-order valence-corrected chi connectivity index (χ1v) is 6.32. The van der Waals surface area contributed by atoms with Crippen LogP contribution in [0.25, 0.3) is 0 Å². The molecular weight excluding hydrogens is 320 g/mol. The zero-order chi connectivity index (χ0) is 13.1. The van der Waals surface area contributed by atoms with Crippen LogP contribution in [0.2, 0.25) is 5.15 Å². The normalized spacial score (nSPS) is 10.4. The van der Waals surface area contributed by atoms with Gasteiger partial charge in [-0.3, -0.25) is 9.36 Å². The van der Waals surface area contributed by atoms with Gasteiger partial charge in [-0.15, -0.1) is 0 Å². The molecule has 0 N–H and O–H groups in total. The summed E-state index contributed by atoms with van der Waals surface area (Å²) in [4.78, 5) is 15.9. The summed E-state index contributed by atoms with van der Waals surface area (Å²) >= 11 is 9.13. The number of rotatable bonds is 3. The highest BCUT2D eigenvalue weighted by atomic mass is 79.9. The highest BCUT2D eigenvalue weighted by Gasteiger charge is 2.10. The summed E-state index contributed by atoms with van der Waals surface area (Å²) in [5, 5.41) is 0.0783. The fourth-order valence-electron chi connectivity index (χ4n) is 1.52. The molecule has 94 valence electrons. The van der Waals surface area contributed by atoms with Crippen LogP contribution in [0.3, 0.4) is 0 Å². The number of ether oxygens (including phenoxy) is 1. The Morgan fingerprint density at radius 2 is 2.06 bits per heavy atom. The number of methoxy groups -OCH3 is 1. The van der Waals surface area contributed by atoms with Crippen LogP contribution in [0, 0.1) is 0 Å². The molecule has 0 fully saturated rings. The third kappa shape index (κ3) is 2.73. The fourth-order valence-corrected chi connectivity index (χ4v) is 1.99. The molecule has 0 spiro atoms. The molecular formula is C12H10BrClN2O2. The molecule has 2 aromatic rings. The number of aromatic nitrogens is 2. The number of benzene rings is 1. The maximum Gasteiger partial charge on any atom is 0.297 e. The maximum absolute atomic E-state index is 12.0. The lowest BCUT2D eigenvalue weighted by Gasteiger charge is -2.08. The molecule has 18 heavy (non-hydrogen) atoms. The van der Waals surface area contributed by atoms with Gasteiger partial charge < -0.3 is 4.74 Å². The third-order valence-corrected chi connectivity index (χ3v) is 3.22. The van der Waals surface area contributed by atoms with Crippen molar-refractivity contribution in [3.05, 3.63) is 56.1 Å². The second-order valence-electron chi connectivity index (χ2n) is 3.63. The molecule has 6 heteroatoms. The van der Waals surface area contributed by atoms with E-state index in [0.717, 1.165) is 10.0 Å². The molecule has 0 bridgehead atoms. The van der Waals surface area contributed by atoms with Crippen LogP contribution >= 0.6 is 27.5 Å². The van der Waals surface area contributed by atoms with Gasteiger partial charge >= 0.3 is 0 Å². The van der Waals surface area contributed by atoms with Gasteiger partial charge in [0.1, 0.15) is 0 Å². The number of nitrogens with zero attached hydrogens (tertiary/aromatic N) is 2. The van der Waals surface area contributed by atoms with Gasteiger partial charge in [-0.2, -0.15) is 0 Å². The Balaban J connectivity index is 2.35. The minimum atomic E-state index is -0.291. The first-order valence-electron chi connectivity index (χ1n) is 5.15. The van der Waals surface area contributed by atoms with Crippen LogP contribution in [0.1, 0.15) is 5.56 Å². The van der Waals surface area contributed by atoms with E-state index in [4.69, 9.17) is 16.3 Å². The second-order valence-corrected chi connectivity index (χ2v) is 4.90. The Morgan fingerprint density at radius 3 is 2.67 bits per heavy atom. The van der Waals surface area contributed by atoms with E-state index in [9.17, 15) is 4.79 Å². The van der Waals surface area contributed by atoms with Crippen LogP contribution in [0.4, 0.5) is 0 Å². The fraction of sp³-hybridized carbons (Fsp3) is 0.167. The summed E-state index contributed by atoms with van der Waals surface area (Å²) < 4.78 is 7.38. The SMILES string of the molecule is COc1c(Cl)ncn(Cc2ccc(Br)cc2)c1=O. The third-order valence-electron chi connectivity index (χ3n) is 2.42. The summed E-state index contributed by atoms with van der Waals surface area (Å²) in [5.74, 6) is 0.0660. The van der Waals surface area contributed by atoms with Gasteiger partial charge in [0.05, 0.1) is 20.0 Å². The summed E-state index contributed by atoms with van der Waals surface area (Å²) in [6.07, 6.45) is 1.41. The Hall–Kier alpha value is -1.33. The van der Waals surface area contributed by atoms with Crippen molar-refractivity contribution in [2.45, 2.75) is 6.54 Å². The molecule has 0 saturated heterocycles. The summed E-state index contributed by atoms with van der Waals surface area (Å²) in [7, 11) is 1.40. The van der Waals surface area contributed by atoms with E-state index >= 15 is 0 Å². The van der Waals surface area contributed by atoms with Crippen LogP contribution in [-0.4, -0.2) is 16.7 Å². The maximum atomic E-state index is 12.0. The molecule has 0 amide bonds. The zero-order valence-corrected chi connectivity index (χ0v) is 11.9. The Bertz CT molecular complexity index is 610. The molecule has 2 rings (SSSR count). The largest absolute Gasteiger partial charge is 0.489 e. The van der Waals surface area contributed by atoms with E-state index in [1.807, 2.05) is 24.3 Å². The van der Waals surface area contributed by atoms with E-state index in [0.29, 0.717) is 6.54 Å². The van der Waals surface area contributed by atoms with Crippen LogP contribution in [-0.2, 0) is 6.54 Å². The molecule has 4 nitrogen and oxygen atoms in total. The van der Waals surface area contributed by atoms with E-state index in [2.05, 4.69) is 20.9 Å². The Morgan fingerprint density at radius 1 is 1.39 bits per heavy atom. The quantitative estimate of drug-likeness (QED) is 0.813. The van der Waals surface area contributed by atoms with Crippen molar-refractivity contribution in [2.75, 3.05) is 7.11 Å². The van der Waals surface area contributed by atoms with Gasteiger partial charge in [-0.1, -0.05) is 39.7 Å². The molecule has 0 atom stereocenters. The van der Waals surface area contributed by atoms with Crippen molar-refractivity contribution in [3.63, 3.8) is 0 Å². The minimum absolute atomic E-state index is 0.0660. The van der Waals surface area contributed by atoms with Gasteiger partial charge in [0, 0.05) is 4.47 Å².